The normalized spacial score (nSPS) is 18.9. The Bertz CT molecular complexity index is 956. The molecule has 0 aliphatic carbocycles. The number of urea groups is 1. The Morgan fingerprint density at radius 2 is 1.70 bits per heavy atom. The summed E-state index contributed by atoms with van der Waals surface area (Å²) in [6.07, 6.45) is 0. The van der Waals surface area contributed by atoms with E-state index < -0.39 is 16.5 Å². The van der Waals surface area contributed by atoms with E-state index in [2.05, 4.69) is 43.4 Å². The van der Waals surface area contributed by atoms with E-state index in [1.54, 1.807) is 6.92 Å². The number of nitro benzene ring substituents is 1. The molecule has 30 heavy (non-hydrogen) atoms. The van der Waals surface area contributed by atoms with Crippen LogP contribution in [0.1, 0.15) is 43.4 Å². The summed E-state index contributed by atoms with van der Waals surface area (Å²) in [5, 5.41) is 13.6. The van der Waals surface area contributed by atoms with E-state index >= 15 is 0 Å². The van der Waals surface area contributed by atoms with Gasteiger partial charge in [-0.1, -0.05) is 38.1 Å². The molecule has 0 aromatic heterocycles. The Morgan fingerprint density at radius 3 is 2.23 bits per heavy atom. The third-order valence-corrected chi connectivity index (χ3v) is 5.41. The molecule has 1 N–H and O–H groups in total. The molecule has 0 unspecified atom stereocenters. The van der Waals surface area contributed by atoms with E-state index in [1.165, 1.54) is 34.7 Å². The third kappa shape index (κ3) is 4.18. The average Bonchev–Trinajstić information content (AvgIpc) is 2.92. The molecule has 1 aliphatic rings. The van der Waals surface area contributed by atoms with Gasteiger partial charge in [-0.15, -0.1) is 0 Å². The van der Waals surface area contributed by atoms with Gasteiger partial charge in [-0.25, -0.2) is 9.69 Å². The van der Waals surface area contributed by atoms with Crippen LogP contribution in [-0.2, 0) is 16.9 Å². The molecular formula is C22H26N4O4. The summed E-state index contributed by atoms with van der Waals surface area (Å²) in [7, 11) is 1.85. The maximum atomic E-state index is 13.0. The van der Waals surface area contributed by atoms with Crippen molar-refractivity contribution in [3.05, 3.63) is 75.3 Å². The van der Waals surface area contributed by atoms with Gasteiger partial charge in [0.2, 0.25) is 0 Å². The maximum absolute atomic E-state index is 13.0. The largest absolute Gasteiger partial charge is 0.326 e. The van der Waals surface area contributed by atoms with Crippen molar-refractivity contribution < 1.29 is 14.5 Å². The van der Waals surface area contributed by atoms with Crippen LogP contribution in [0.15, 0.2) is 48.5 Å². The van der Waals surface area contributed by atoms with E-state index in [0.717, 1.165) is 5.56 Å². The second kappa shape index (κ2) is 8.23. The van der Waals surface area contributed by atoms with E-state index in [9.17, 15) is 19.7 Å². The second-order valence-corrected chi connectivity index (χ2v) is 8.14. The molecule has 1 atom stereocenters. The number of rotatable bonds is 7. The Labute approximate surface area is 175 Å². The minimum atomic E-state index is -1.26. The van der Waals surface area contributed by atoms with Gasteiger partial charge in [0.05, 0.1) is 11.6 Å². The van der Waals surface area contributed by atoms with Crippen molar-refractivity contribution >= 4 is 17.6 Å². The number of imide groups is 1. The van der Waals surface area contributed by atoms with Crippen molar-refractivity contribution in [3.63, 3.8) is 0 Å². The summed E-state index contributed by atoms with van der Waals surface area (Å²) in [5.74, 6) is 0.0724. The highest BCUT2D eigenvalue weighted by Crippen LogP contribution is 2.30. The lowest BCUT2D eigenvalue weighted by molar-refractivity contribution is -0.384. The second-order valence-electron chi connectivity index (χ2n) is 8.14. The van der Waals surface area contributed by atoms with Crippen LogP contribution >= 0.6 is 0 Å². The summed E-state index contributed by atoms with van der Waals surface area (Å²) in [5.41, 5.74) is 1.52. The Balaban J connectivity index is 1.70. The number of amides is 3. The first-order valence-electron chi connectivity index (χ1n) is 9.78. The van der Waals surface area contributed by atoms with Gasteiger partial charge in [-0.05, 0) is 48.7 Å². The lowest BCUT2D eigenvalue weighted by Gasteiger charge is -2.25. The molecule has 2 aromatic carbocycles. The van der Waals surface area contributed by atoms with Crippen LogP contribution in [0.3, 0.4) is 0 Å². The molecular weight excluding hydrogens is 384 g/mol. The number of nitro groups is 1. The molecule has 0 saturated carbocycles. The lowest BCUT2D eigenvalue weighted by atomic mass is 9.92. The summed E-state index contributed by atoms with van der Waals surface area (Å²) in [6, 6.07) is 13.5. The number of hydrogen-bond donors (Lipinski definition) is 1. The van der Waals surface area contributed by atoms with Crippen LogP contribution < -0.4 is 5.32 Å². The minimum Gasteiger partial charge on any atom is -0.319 e. The third-order valence-electron chi connectivity index (χ3n) is 5.41. The van der Waals surface area contributed by atoms with Crippen LogP contribution in [0, 0.1) is 10.1 Å². The fraction of sp³-hybridized carbons (Fsp3) is 0.364. The molecule has 1 heterocycles. The molecule has 158 valence electrons. The summed E-state index contributed by atoms with van der Waals surface area (Å²) in [6.45, 7) is 6.61. The zero-order chi connectivity index (χ0) is 22.1. The van der Waals surface area contributed by atoms with Crippen molar-refractivity contribution in [2.24, 2.45) is 0 Å². The quantitative estimate of drug-likeness (QED) is 0.428. The number of carbonyl (C=O) groups is 2. The van der Waals surface area contributed by atoms with Gasteiger partial charge in [-0.2, -0.15) is 0 Å². The molecule has 0 radical (unpaired) electrons. The zero-order valence-corrected chi connectivity index (χ0v) is 17.6. The SMILES string of the molecule is CC(C)c1ccc(CN(C)CN2C(=O)N[C@](C)(c3ccc([N+](=O)[O-])cc3)C2=O)cc1. The van der Waals surface area contributed by atoms with E-state index in [1.807, 2.05) is 11.9 Å². The lowest BCUT2D eigenvalue weighted by Crippen LogP contribution is -2.42. The first-order chi connectivity index (χ1) is 14.1. The molecule has 1 fully saturated rings. The number of carbonyl (C=O) groups excluding carboxylic acids is 2. The van der Waals surface area contributed by atoms with Gasteiger partial charge < -0.3 is 5.32 Å². The number of hydrogen-bond acceptors (Lipinski definition) is 5. The Morgan fingerprint density at radius 1 is 1.10 bits per heavy atom. The first kappa shape index (κ1) is 21.4. The van der Waals surface area contributed by atoms with E-state index in [-0.39, 0.29) is 18.3 Å². The minimum absolute atomic E-state index is 0.0702. The first-order valence-corrected chi connectivity index (χ1v) is 9.78. The number of non-ortho nitro benzene ring substituents is 1. The molecule has 8 heteroatoms. The van der Waals surface area contributed by atoms with Gasteiger partial charge >= 0.3 is 6.03 Å². The van der Waals surface area contributed by atoms with Gasteiger partial charge in [-0.3, -0.25) is 19.8 Å². The number of benzene rings is 2. The maximum Gasteiger partial charge on any atom is 0.326 e. The fourth-order valence-corrected chi connectivity index (χ4v) is 3.55. The van der Waals surface area contributed by atoms with Crippen molar-refractivity contribution in [1.82, 2.24) is 15.1 Å². The summed E-state index contributed by atoms with van der Waals surface area (Å²) >= 11 is 0. The Kier molecular flexibility index (Phi) is 5.89. The highest BCUT2D eigenvalue weighted by Gasteiger charge is 2.49. The van der Waals surface area contributed by atoms with Gasteiger partial charge in [0.15, 0.2) is 0 Å². The molecule has 3 rings (SSSR count). The van der Waals surface area contributed by atoms with Gasteiger partial charge in [0.25, 0.3) is 11.6 Å². The fourth-order valence-electron chi connectivity index (χ4n) is 3.55. The smallest absolute Gasteiger partial charge is 0.319 e. The van der Waals surface area contributed by atoms with Crippen LogP contribution in [0.2, 0.25) is 0 Å². The van der Waals surface area contributed by atoms with E-state index in [4.69, 9.17) is 0 Å². The number of nitrogens with one attached hydrogen (secondary N) is 1. The van der Waals surface area contributed by atoms with Crippen LogP contribution in [0.25, 0.3) is 0 Å². The molecule has 3 amide bonds. The molecule has 8 nitrogen and oxygen atoms in total. The van der Waals surface area contributed by atoms with Crippen molar-refractivity contribution in [3.8, 4) is 0 Å². The van der Waals surface area contributed by atoms with Crippen LogP contribution in [-0.4, -0.2) is 40.4 Å². The monoisotopic (exact) mass is 410 g/mol. The summed E-state index contributed by atoms with van der Waals surface area (Å²) < 4.78 is 0. The zero-order valence-electron chi connectivity index (χ0n) is 17.6. The molecule has 1 saturated heterocycles. The molecule has 1 aliphatic heterocycles. The van der Waals surface area contributed by atoms with E-state index in [0.29, 0.717) is 18.0 Å². The number of nitrogens with zero attached hydrogens (tertiary/aromatic N) is 3. The predicted molar refractivity (Wildman–Crippen MR) is 113 cm³/mol. The van der Waals surface area contributed by atoms with Crippen molar-refractivity contribution in [2.75, 3.05) is 13.7 Å². The molecule has 0 bridgehead atoms. The van der Waals surface area contributed by atoms with Crippen LogP contribution in [0.5, 0.6) is 0 Å². The van der Waals surface area contributed by atoms with Crippen LogP contribution in [0.4, 0.5) is 10.5 Å². The predicted octanol–water partition coefficient (Wildman–Crippen LogP) is 3.57. The highest BCUT2D eigenvalue weighted by atomic mass is 16.6. The average molecular weight is 410 g/mol. The highest BCUT2D eigenvalue weighted by molar-refractivity contribution is 6.07. The topological polar surface area (TPSA) is 95.8 Å². The van der Waals surface area contributed by atoms with Crippen molar-refractivity contribution in [1.29, 1.82) is 0 Å². The van der Waals surface area contributed by atoms with Gasteiger partial charge in [0.1, 0.15) is 5.54 Å². The molecule has 0 spiro atoms. The standard InChI is InChI=1S/C22H26N4O4/c1-15(2)17-7-5-16(6-8-17)13-24(4)14-25-20(27)22(3,23-21(25)28)18-9-11-19(12-10-18)26(29)30/h5-12,15H,13-14H2,1-4H3,(H,23,28)/t22-/m1/s1. The van der Waals surface area contributed by atoms with Gasteiger partial charge in [0, 0.05) is 18.7 Å². The summed E-state index contributed by atoms with van der Waals surface area (Å²) in [4.78, 5) is 39.0. The Hall–Kier alpha value is -3.26. The molecule has 2 aromatic rings. The van der Waals surface area contributed by atoms with Crippen molar-refractivity contribution in [2.45, 2.75) is 38.8 Å².